The molecule has 0 aromatic carbocycles. The summed E-state index contributed by atoms with van der Waals surface area (Å²) >= 11 is 5.65. The third kappa shape index (κ3) is 1.70. The molecule has 0 aliphatic rings. The monoisotopic (exact) mass is 245 g/mol. The van der Waals surface area contributed by atoms with E-state index in [1.54, 1.807) is 6.07 Å². The van der Waals surface area contributed by atoms with E-state index in [1.807, 2.05) is 0 Å². The van der Waals surface area contributed by atoms with E-state index in [-0.39, 0.29) is 16.4 Å². The molecule has 0 aliphatic carbocycles. The lowest BCUT2D eigenvalue weighted by Crippen LogP contribution is -2.06. The van der Waals surface area contributed by atoms with Gasteiger partial charge in [0.2, 0.25) is 0 Å². The molecule has 82 valence electrons. The van der Waals surface area contributed by atoms with Gasteiger partial charge in [-0.2, -0.15) is 18.4 Å². The van der Waals surface area contributed by atoms with Gasteiger partial charge in [-0.25, -0.2) is 4.98 Å². The van der Waals surface area contributed by atoms with Gasteiger partial charge in [-0.3, -0.25) is 0 Å². The highest BCUT2D eigenvalue weighted by molar-refractivity contribution is 6.33. The Kier molecular flexibility index (Phi) is 2.28. The molecule has 2 aromatic heterocycles. The Morgan fingerprint density at radius 2 is 2.06 bits per heavy atom. The van der Waals surface area contributed by atoms with Crippen molar-refractivity contribution in [2.75, 3.05) is 0 Å². The lowest BCUT2D eigenvalue weighted by Gasteiger charge is -2.07. The van der Waals surface area contributed by atoms with E-state index in [1.165, 1.54) is 6.20 Å². The van der Waals surface area contributed by atoms with Gasteiger partial charge in [-0.05, 0) is 6.07 Å². The summed E-state index contributed by atoms with van der Waals surface area (Å²) < 4.78 is 38.4. The van der Waals surface area contributed by atoms with Crippen LogP contribution in [0.2, 0.25) is 5.02 Å². The molecule has 0 amide bonds. The van der Waals surface area contributed by atoms with Crippen LogP contribution in [0.15, 0.2) is 18.5 Å². The molecular formula is C9H3ClF3N3. The van der Waals surface area contributed by atoms with Crippen LogP contribution in [0.5, 0.6) is 0 Å². The van der Waals surface area contributed by atoms with Gasteiger partial charge in [-0.15, -0.1) is 0 Å². The quantitative estimate of drug-likeness (QED) is 0.716. The number of rotatable bonds is 0. The van der Waals surface area contributed by atoms with Crippen molar-refractivity contribution in [3.63, 3.8) is 0 Å². The number of hydrogen-bond acceptors (Lipinski definition) is 2. The topological polar surface area (TPSA) is 41.1 Å². The van der Waals surface area contributed by atoms with Crippen LogP contribution < -0.4 is 0 Å². The fraction of sp³-hybridized carbons (Fsp3) is 0.111. The molecule has 7 heteroatoms. The van der Waals surface area contributed by atoms with Crippen molar-refractivity contribution in [2.45, 2.75) is 6.18 Å². The first kappa shape index (κ1) is 10.8. The van der Waals surface area contributed by atoms with Crippen molar-refractivity contribution in [3.05, 3.63) is 34.7 Å². The summed E-state index contributed by atoms with van der Waals surface area (Å²) in [5, 5.41) is 8.43. The summed E-state index contributed by atoms with van der Waals surface area (Å²) in [6, 6.07) is 2.51. The highest BCUT2D eigenvalue weighted by Crippen LogP contribution is 2.32. The summed E-state index contributed by atoms with van der Waals surface area (Å²) in [4.78, 5) is 3.76. The molecule has 0 spiro atoms. The molecule has 0 saturated heterocycles. The van der Waals surface area contributed by atoms with Crippen LogP contribution in [-0.4, -0.2) is 9.38 Å². The van der Waals surface area contributed by atoms with Crippen molar-refractivity contribution < 1.29 is 13.2 Å². The average Bonchev–Trinajstić information content (AvgIpc) is 2.59. The maximum atomic E-state index is 12.4. The maximum absolute atomic E-state index is 12.4. The van der Waals surface area contributed by atoms with E-state index in [2.05, 4.69) is 4.98 Å². The second-order valence-corrected chi connectivity index (χ2v) is 3.45. The van der Waals surface area contributed by atoms with Gasteiger partial charge in [0.05, 0.1) is 10.6 Å². The number of hydrogen-bond donors (Lipinski definition) is 0. The van der Waals surface area contributed by atoms with Crippen molar-refractivity contribution in [2.24, 2.45) is 0 Å². The van der Waals surface area contributed by atoms with Crippen molar-refractivity contribution >= 4 is 17.2 Å². The Bertz CT molecular complexity index is 594. The average molecular weight is 246 g/mol. The Hall–Kier alpha value is -1.74. The molecule has 0 radical (unpaired) electrons. The van der Waals surface area contributed by atoms with Crippen molar-refractivity contribution in [1.29, 1.82) is 5.26 Å². The van der Waals surface area contributed by atoms with Crippen LogP contribution in [0.4, 0.5) is 13.2 Å². The first-order valence-corrected chi connectivity index (χ1v) is 4.45. The van der Waals surface area contributed by atoms with E-state index in [9.17, 15) is 13.2 Å². The predicted molar refractivity (Wildman–Crippen MR) is 49.9 cm³/mol. The Morgan fingerprint density at radius 3 is 2.62 bits per heavy atom. The first-order chi connectivity index (χ1) is 7.41. The van der Waals surface area contributed by atoms with E-state index >= 15 is 0 Å². The smallest absolute Gasteiger partial charge is 0.304 e. The molecule has 2 aromatic rings. The van der Waals surface area contributed by atoms with Gasteiger partial charge < -0.3 is 4.40 Å². The number of imidazole rings is 1. The molecule has 0 atom stereocenters. The van der Waals surface area contributed by atoms with Crippen LogP contribution in [0.3, 0.4) is 0 Å². The third-order valence-corrected chi connectivity index (χ3v) is 2.23. The van der Waals surface area contributed by atoms with Crippen LogP contribution in [0, 0.1) is 11.3 Å². The number of halogens is 4. The molecule has 0 bridgehead atoms. The number of aromatic nitrogens is 2. The molecule has 0 aliphatic heterocycles. The van der Waals surface area contributed by atoms with Gasteiger partial charge in [0, 0.05) is 12.4 Å². The third-order valence-electron chi connectivity index (χ3n) is 1.95. The fourth-order valence-electron chi connectivity index (χ4n) is 1.27. The molecule has 3 nitrogen and oxygen atoms in total. The molecule has 16 heavy (non-hydrogen) atoms. The van der Waals surface area contributed by atoms with Crippen LogP contribution >= 0.6 is 11.6 Å². The lowest BCUT2D eigenvalue weighted by atomic mass is 10.3. The predicted octanol–water partition coefficient (Wildman–Crippen LogP) is 2.88. The molecule has 0 unspecified atom stereocenters. The largest absolute Gasteiger partial charge is 0.417 e. The molecule has 2 heterocycles. The zero-order chi connectivity index (χ0) is 11.9. The first-order valence-electron chi connectivity index (χ1n) is 4.07. The highest BCUT2D eigenvalue weighted by atomic mass is 35.5. The van der Waals surface area contributed by atoms with Gasteiger partial charge in [0.15, 0.2) is 11.3 Å². The molecule has 0 saturated carbocycles. The number of pyridine rings is 1. The van der Waals surface area contributed by atoms with Gasteiger partial charge in [0.1, 0.15) is 6.07 Å². The van der Waals surface area contributed by atoms with Crippen molar-refractivity contribution in [1.82, 2.24) is 9.38 Å². The van der Waals surface area contributed by atoms with Crippen LogP contribution in [-0.2, 0) is 6.18 Å². The number of alkyl halides is 3. The van der Waals surface area contributed by atoms with Gasteiger partial charge in [0.25, 0.3) is 0 Å². The highest BCUT2D eigenvalue weighted by Gasteiger charge is 2.31. The summed E-state index contributed by atoms with van der Waals surface area (Å²) in [7, 11) is 0. The Labute approximate surface area is 92.7 Å². The number of fused-ring (bicyclic) bond motifs is 1. The maximum Gasteiger partial charge on any atom is 0.417 e. The van der Waals surface area contributed by atoms with Crippen LogP contribution in [0.1, 0.15) is 11.3 Å². The minimum atomic E-state index is -4.48. The minimum absolute atomic E-state index is 0.0150. The van der Waals surface area contributed by atoms with Gasteiger partial charge >= 0.3 is 6.18 Å². The second kappa shape index (κ2) is 3.39. The number of nitrogens with zero attached hydrogens (tertiary/aromatic N) is 3. The minimum Gasteiger partial charge on any atom is -0.304 e. The van der Waals surface area contributed by atoms with E-state index in [0.29, 0.717) is 0 Å². The molecular weight excluding hydrogens is 243 g/mol. The Morgan fingerprint density at radius 1 is 1.38 bits per heavy atom. The molecule has 0 N–H and O–H groups in total. The van der Waals surface area contributed by atoms with E-state index in [4.69, 9.17) is 16.9 Å². The lowest BCUT2D eigenvalue weighted by molar-refractivity contribution is -0.137. The zero-order valence-corrected chi connectivity index (χ0v) is 8.34. The fourth-order valence-corrected chi connectivity index (χ4v) is 1.52. The Balaban J connectivity index is 2.73. The SMILES string of the molecule is N#Cc1cn2cc(C(F)(F)F)cc(Cl)c2n1. The second-order valence-electron chi connectivity index (χ2n) is 3.04. The van der Waals surface area contributed by atoms with E-state index in [0.717, 1.165) is 16.7 Å². The molecule has 0 fully saturated rings. The van der Waals surface area contributed by atoms with Crippen molar-refractivity contribution in [3.8, 4) is 6.07 Å². The van der Waals surface area contributed by atoms with E-state index < -0.39 is 11.7 Å². The standard InChI is InChI=1S/C9H3ClF3N3/c10-7-1-5(9(11,12)13)3-16-4-6(2-14)15-8(7)16/h1,3-4H. The molecule has 2 rings (SSSR count). The van der Waals surface area contributed by atoms with Gasteiger partial charge in [-0.1, -0.05) is 11.6 Å². The normalized spacial score (nSPS) is 11.7. The zero-order valence-electron chi connectivity index (χ0n) is 7.59. The summed E-state index contributed by atoms with van der Waals surface area (Å²) in [6.07, 6.45) is -2.44. The number of nitriles is 1. The summed E-state index contributed by atoms with van der Waals surface area (Å²) in [5.74, 6) is 0. The van der Waals surface area contributed by atoms with Crippen LogP contribution in [0.25, 0.3) is 5.65 Å². The summed E-state index contributed by atoms with van der Waals surface area (Å²) in [6.45, 7) is 0. The summed E-state index contributed by atoms with van der Waals surface area (Å²) in [5.41, 5.74) is -0.737.